The third-order valence-electron chi connectivity index (χ3n) is 3.85. The maximum absolute atomic E-state index is 13.3. The van der Waals surface area contributed by atoms with Crippen molar-refractivity contribution in [2.24, 2.45) is 0 Å². The molecule has 8 heteroatoms. The van der Waals surface area contributed by atoms with Crippen molar-refractivity contribution < 1.29 is 27.9 Å². The standard InChI is InChI=1S/C19H15ClFNO5/c1-10-13-8-12(21)4-6-15(13)27-18(10)19(24)26-9-17(23)22-14-7-11(20)3-5-16(14)25-2/h3-8H,9H2,1-2H3,(H,22,23). The molecule has 0 bridgehead atoms. The van der Waals surface area contributed by atoms with Crippen molar-refractivity contribution in [2.75, 3.05) is 19.0 Å². The number of amides is 1. The summed E-state index contributed by atoms with van der Waals surface area (Å²) in [5, 5.41) is 3.43. The molecule has 0 saturated heterocycles. The molecule has 0 spiro atoms. The van der Waals surface area contributed by atoms with Crippen molar-refractivity contribution in [3.63, 3.8) is 0 Å². The highest BCUT2D eigenvalue weighted by Gasteiger charge is 2.20. The summed E-state index contributed by atoms with van der Waals surface area (Å²) >= 11 is 5.90. The summed E-state index contributed by atoms with van der Waals surface area (Å²) in [7, 11) is 1.45. The Balaban J connectivity index is 1.68. The van der Waals surface area contributed by atoms with Gasteiger partial charge in [-0.2, -0.15) is 0 Å². The Morgan fingerprint density at radius 2 is 2.00 bits per heavy atom. The van der Waals surface area contributed by atoms with E-state index >= 15 is 0 Å². The van der Waals surface area contributed by atoms with Crippen LogP contribution in [0.4, 0.5) is 10.1 Å². The van der Waals surface area contributed by atoms with Crippen LogP contribution in [0.25, 0.3) is 11.0 Å². The van der Waals surface area contributed by atoms with Gasteiger partial charge in [-0.1, -0.05) is 11.6 Å². The minimum absolute atomic E-state index is 0.0799. The van der Waals surface area contributed by atoms with E-state index in [1.807, 2.05) is 0 Å². The number of carbonyl (C=O) groups is 2. The zero-order chi connectivity index (χ0) is 19.6. The van der Waals surface area contributed by atoms with E-state index in [9.17, 15) is 14.0 Å². The molecule has 1 amide bonds. The van der Waals surface area contributed by atoms with Crippen LogP contribution in [0.15, 0.2) is 40.8 Å². The smallest absolute Gasteiger partial charge is 0.375 e. The number of fused-ring (bicyclic) bond motifs is 1. The van der Waals surface area contributed by atoms with Crippen LogP contribution < -0.4 is 10.1 Å². The summed E-state index contributed by atoms with van der Waals surface area (Å²) in [5.41, 5.74) is 1.14. The van der Waals surface area contributed by atoms with Gasteiger partial charge in [-0.25, -0.2) is 9.18 Å². The molecule has 1 heterocycles. The van der Waals surface area contributed by atoms with Crippen LogP contribution in [0.2, 0.25) is 5.02 Å². The maximum atomic E-state index is 13.3. The number of halogens is 2. The molecule has 0 aliphatic heterocycles. The van der Waals surface area contributed by atoms with E-state index in [-0.39, 0.29) is 5.76 Å². The Labute approximate surface area is 158 Å². The zero-order valence-corrected chi connectivity index (χ0v) is 15.2. The number of benzene rings is 2. The first-order valence-corrected chi connectivity index (χ1v) is 8.26. The molecular weight excluding hydrogens is 377 g/mol. The Hall–Kier alpha value is -3.06. The fourth-order valence-electron chi connectivity index (χ4n) is 2.55. The molecule has 0 unspecified atom stereocenters. The van der Waals surface area contributed by atoms with Crippen LogP contribution in [0, 0.1) is 12.7 Å². The molecule has 0 aliphatic rings. The molecule has 3 rings (SSSR count). The first kappa shape index (κ1) is 18.7. The average Bonchev–Trinajstić information content (AvgIpc) is 2.96. The number of hydrogen-bond donors (Lipinski definition) is 1. The number of ether oxygens (including phenoxy) is 2. The Bertz CT molecular complexity index is 1030. The monoisotopic (exact) mass is 391 g/mol. The van der Waals surface area contributed by atoms with Crippen LogP contribution >= 0.6 is 11.6 Å². The number of hydrogen-bond acceptors (Lipinski definition) is 5. The molecule has 0 saturated carbocycles. The summed E-state index contributed by atoms with van der Waals surface area (Å²) < 4.78 is 28.9. The number of aryl methyl sites for hydroxylation is 1. The van der Waals surface area contributed by atoms with Crippen molar-refractivity contribution >= 4 is 40.1 Å². The van der Waals surface area contributed by atoms with E-state index in [4.69, 9.17) is 25.5 Å². The number of rotatable bonds is 5. The lowest BCUT2D eigenvalue weighted by atomic mass is 10.1. The average molecular weight is 392 g/mol. The molecular formula is C19H15ClFNO5. The van der Waals surface area contributed by atoms with Gasteiger partial charge in [-0.3, -0.25) is 4.79 Å². The molecule has 0 aliphatic carbocycles. The van der Waals surface area contributed by atoms with Crippen LogP contribution in [0.5, 0.6) is 5.75 Å². The van der Waals surface area contributed by atoms with Crippen LogP contribution in [0.1, 0.15) is 16.1 Å². The molecule has 140 valence electrons. The number of nitrogens with one attached hydrogen (secondary N) is 1. The van der Waals surface area contributed by atoms with Crippen molar-refractivity contribution in [3.8, 4) is 5.75 Å². The van der Waals surface area contributed by atoms with E-state index in [0.29, 0.717) is 33.0 Å². The highest BCUT2D eigenvalue weighted by atomic mass is 35.5. The normalized spacial score (nSPS) is 10.7. The predicted octanol–water partition coefficient (Wildman–Crippen LogP) is 4.34. The third-order valence-corrected chi connectivity index (χ3v) is 4.09. The van der Waals surface area contributed by atoms with Crippen molar-refractivity contribution in [2.45, 2.75) is 6.92 Å². The fourth-order valence-corrected chi connectivity index (χ4v) is 2.72. The molecule has 0 atom stereocenters. The van der Waals surface area contributed by atoms with Gasteiger partial charge in [0.15, 0.2) is 6.61 Å². The van der Waals surface area contributed by atoms with Gasteiger partial charge in [0.25, 0.3) is 5.91 Å². The van der Waals surface area contributed by atoms with Gasteiger partial charge in [-0.05, 0) is 43.3 Å². The van der Waals surface area contributed by atoms with Crippen LogP contribution in [-0.2, 0) is 9.53 Å². The first-order chi connectivity index (χ1) is 12.9. The molecule has 0 fully saturated rings. The van der Waals surface area contributed by atoms with Gasteiger partial charge in [0, 0.05) is 16.0 Å². The Kier molecular flexibility index (Phi) is 5.32. The highest BCUT2D eigenvalue weighted by Crippen LogP contribution is 2.28. The van der Waals surface area contributed by atoms with E-state index in [1.54, 1.807) is 19.1 Å². The Morgan fingerprint density at radius 1 is 1.22 bits per heavy atom. The number of carbonyl (C=O) groups excluding carboxylic acids is 2. The first-order valence-electron chi connectivity index (χ1n) is 7.88. The maximum Gasteiger partial charge on any atom is 0.375 e. The molecule has 1 N–H and O–H groups in total. The van der Waals surface area contributed by atoms with Crippen LogP contribution in [0.3, 0.4) is 0 Å². The van der Waals surface area contributed by atoms with Crippen molar-refractivity contribution in [1.29, 1.82) is 0 Å². The molecule has 27 heavy (non-hydrogen) atoms. The van der Waals surface area contributed by atoms with Gasteiger partial charge < -0.3 is 19.2 Å². The number of methoxy groups -OCH3 is 1. The number of esters is 1. The summed E-state index contributed by atoms with van der Waals surface area (Å²) in [4.78, 5) is 24.3. The van der Waals surface area contributed by atoms with E-state index in [2.05, 4.69) is 5.32 Å². The van der Waals surface area contributed by atoms with Crippen molar-refractivity contribution in [1.82, 2.24) is 0 Å². The van der Waals surface area contributed by atoms with E-state index in [1.165, 1.54) is 31.4 Å². The summed E-state index contributed by atoms with van der Waals surface area (Å²) in [6.07, 6.45) is 0. The molecule has 2 aromatic carbocycles. The predicted molar refractivity (Wildman–Crippen MR) is 97.8 cm³/mol. The van der Waals surface area contributed by atoms with Gasteiger partial charge in [-0.15, -0.1) is 0 Å². The number of anilines is 1. The second kappa shape index (κ2) is 7.67. The largest absolute Gasteiger partial charge is 0.495 e. The summed E-state index contributed by atoms with van der Waals surface area (Å²) in [6, 6.07) is 8.64. The zero-order valence-electron chi connectivity index (χ0n) is 14.5. The lowest BCUT2D eigenvalue weighted by Crippen LogP contribution is -2.21. The van der Waals surface area contributed by atoms with Gasteiger partial charge >= 0.3 is 5.97 Å². The number of furan rings is 1. The minimum Gasteiger partial charge on any atom is -0.495 e. The van der Waals surface area contributed by atoms with E-state index < -0.39 is 24.3 Å². The molecule has 0 radical (unpaired) electrons. The highest BCUT2D eigenvalue weighted by molar-refractivity contribution is 6.31. The van der Waals surface area contributed by atoms with Crippen molar-refractivity contribution in [3.05, 3.63) is 58.6 Å². The second-order valence-corrected chi connectivity index (χ2v) is 6.10. The van der Waals surface area contributed by atoms with Gasteiger partial charge in [0.05, 0.1) is 12.8 Å². The van der Waals surface area contributed by atoms with Gasteiger partial charge in [0.2, 0.25) is 5.76 Å². The lowest BCUT2D eigenvalue weighted by Gasteiger charge is -2.10. The minimum atomic E-state index is -0.822. The van der Waals surface area contributed by atoms with E-state index in [0.717, 1.165) is 0 Å². The molecule has 6 nitrogen and oxygen atoms in total. The molecule has 1 aromatic heterocycles. The fraction of sp³-hybridized carbons (Fsp3) is 0.158. The molecule has 3 aromatic rings. The SMILES string of the molecule is COc1ccc(Cl)cc1NC(=O)COC(=O)c1oc2ccc(F)cc2c1C. The summed E-state index contributed by atoms with van der Waals surface area (Å²) in [5.74, 6) is -1.51. The Morgan fingerprint density at radius 3 is 2.74 bits per heavy atom. The lowest BCUT2D eigenvalue weighted by molar-refractivity contribution is -0.119. The second-order valence-electron chi connectivity index (χ2n) is 5.67. The quantitative estimate of drug-likeness (QED) is 0.655. The van der Waals surface area contributed by atoms with Gasteiger partial charge in [0.1, 0.15) is 17.1 Å². The van der Waals surface area contributed by atoms with Crippen LogP contribution in [-0.4, -0.2) is 25.6 Å². The third kappa shape index (κ3) is 4.03. The summed E-state index contributed by atoms with van der Waals surface area (Å²) in [6.45, 7) is 1.07. The topological polar surface area (TPSA) is 77.8 Å².